The molecule has 2 aromatic heterocycles. The van der Waals surface area contributed by atoms with Gasteiger partial charge in [-0.05, 0) is 24.1 Å². The fourth-order valence-corrected chi connectivity index (χ4v) is 2.20. The number of hydrogen-bond donors (Lipinski definition) is 3. The van der Waals surface area contributed by atoms with Crippen LogP contribution in [0.15, 0.2) is 35.5 Å². The lowest BCUT2D eigenvalue weighted by Gasteiger charge is -2.05. The molecule has 0 radical (unpaired) electrons. The van der Waals surface area contributed by atoms with Gasteiger partial charge in [-0.2, -0.15) is 13.5 Å². The third-order valence-electron chi connectivity index (χ3n) is 2.07. The van der Waals surface area contributed by atoms with Crippen LogP contribution in [0.3, 0.4) is 0 Å². The van der Waals surface area contributed by atoms with Crippen LogP contribution in [0.1, 0.15) is 5.69 Å². The van der Waals surface area contributed by atoms with Crippen LogP contribution in [-0.2, 0) is 10.0 Å². The molecule has 0 aliphatic carbocycles. The van der Waals surface area contributed by atoms with E-state index in [1.807, 2.05) is 0 Å². The van der Waals surface area contributed by atoms with Crippen molar-refractivity contribution >= 4 is 15.8 Å². The summed E-state index contributed by atoms with van der Waals surface area (Å²) in [5, 5.41) is 5.93. The number of nitrogens with two attached hydrogens (primary N) is 1. The van der Waals surface area contributed by atoms with E-state index in [0.717, 1.165) is 0 Å². The third kappa shape index (κ3) is 3.31. The largest absolute Gasteiger partial charge is 0.320 e. The number of rotatable bonds is 3. The van der Waals surface area contributed by atoms with Gasteiger partial charge >= 0.3 is 0 Å². The zero-order valence-corrected chi connectivity index (χ0v) is 10.6. The first-order chi connectivity index (χ1) is 9.12. The van der Waals surface area contributed by atoms with Crippen LogP contribution in [0, 0.1) is 11.8 Å². The number of aromatic amines is 1. The van der Waals surface area contributed by atoms with Crippen LogP contribution in [-0.4, -0.2) is 30.1 Å². The standard InChI is InChI=1S/C11H11N5O2S/c12-7-2-4-9-3-1-5-10(14-9)16-19(17,18)11-6-8-13-15-11/h1,3,5-6,8H,7,12H2,(H,13,15)(H,14,16). The molecule has 0 atom stereocenters. The van der Waals surface area contributed by atoms with E-state index in [0.29, 0.717) is 5.69 Å². The van der Waals surface area contributed by atoms with Crippen LogP contribution in [0.5, 0.6) is 0 Å². The van der Waals surface area contributed by atoms with Crippen LogP contribution < -0.4 is 10.5 Å². The summed E-state index contributed by atoms with van der Waals surface area (Å²) < 4.78 is 26.1. The summed E-state index contributed by atoms with van der Waals surface area (Å²) in [5.41, 5.74) is 5.70. The van der Waals surface area contributed by atoms with Crippen LogP contribution in [0.4, 0.5) is 5.82 Å². The van der Waals surface area contributed by atoms with E-state index < -0.39 is 10.0 Å². The molecular weight excluding hydrogens is 266 g/mol. The molecule has 0 fully saturated rings. The Morgan fingerprint density at radius 1 is 1.37 bits per heavy atom. The highest BCUT2D eigenvalue weighted by Gasteiger charge is 2.15. The van der Waals surface area contributed by atoms with Crippen molar-refractivity contribution in [1.82, 2.24) is 15.2 Å². The van der Waals surface area contributed by atoms with E-state index in [2.05, 4.69) is 31.7 Å². The Kier molecular flexibility index (Phi) is 3.79. The number of nitrogens with one attached hydrogen (secondary N) is 2. The zero-order valence-electron chi connectivity index (χ0n) is 9.79. The molecule has 19 heavy (non-hydrogen) atoms. The van der Waals surface area contributed by atoms with E-state index in [4.69, 9.17) is 5.73 Å². The van der Waals surface area contributed by atoms with Crippen LogP contribution >= 0.6 is 0 Å². The molecule has 2 aromatic rings. The number of sulfonamides is 1. The van der Waals surface area contributed by atoms with Crippen molar-refractivity contribution in [2.24, 2.45) is 5.73 Å². The second-order valence-electron chi connectivity index (χ2n) is 3.44. The van der Waals surface area contributed by atoms with Gasteiger partial charge in [0.05, 0.1) is 12.7 Å². The molecule has 0 aliphatic heterocycles. The highest BCUT2D eigenvalue weighted by Crippen LogP contribution is 2.11. The average Bonchev–Trinajstić information content (AvgIpc) is 2.91. The Balaban J connectivity index is 2.25. The van der Waals surface area contributed by atoms with Crippen molar-refractivity contribution in [2.75, 3.05) is 11.3 Å². The normalized spacial score (nSPS) is 10.6. The minimum atomic E-state index is -3.71. The Labute approximate surface area is 110 Å². The van der Waals surface area contributed by atoms with Crippen molar-refractivity contribution in [3.05, 3.63) is 36.2 Å². The van der Waals surface area contributed by atoms with E-state index in [9.17, 15) is 8.42 Å². The lowest BCUT2D eigenvalue weighted by atomic mass is 10.3. The second-order valence-corrected chi connectivity index (χ2v) is 5.09. The first-order valence-corrected chi connectivity index (χ1v) is 6.78. The predicted octanol–water partition coefficient (Wildman–Crippen LogP) is -0.0843. The Hall–Kier alpha value is -2.37. The molecule has 0 unspecified atom stereocenters. The van der Waals surface area contributed by atoms with E-state index in [-0.39, 0.29) is 17.4 Å². The lowest BCUT2D eigenvalue weighted by molar-refractivity contribution is 0.597. The molecule has 7 nitrogen and oxygen atoms in total. The summed E-state index contributed by atoms with van der Waals surface area (Å²) in [4.78, 5) is 4.05. The molecule has 2 heterocycles. The summed E-state index contributed by atoms with van der Waals surface area (Å²) in [6, 6.07) is 6.19. The van der Waals surface area contributed by atoms with Crippen LogP contribution in [0.2, 0.25) is 0 Å². The first kappa shape index (κ1) is 13.1. The molecule has 0 aliphatic rings. The number of pyridine rings is 1. The molecule has 0 aromatic carbocycles. The molecule has 0 saturated carbocycles. The van der Waals surface area contributed by atoms with E-state index >= 15 is 0 Å². The summed E-state index contributed by atoms with van der Waals surface area (Å²) in [5.74, 6) is 5.55. The highest BCUT2D eigenvalue weighted by atomic mass is 32.2. The quantitative estimate of drug-likeness (QED) is 0.679. The van der Waals surface area contributed by atoms with Gasteiger partial charge in [-0.15, -0.1) is 0 Å². The van der Waals surface area contributed by atoms with E-state index in [1.54, 1.807) is 12.1 Å². The van der Waals surface area contributed by atoms with Gasteiger partial charge in [0, 0.05) is 0 Å². The van der Waals surface area contributed by atoms with Gasteiger partial charge in [-0.1, -0.05) is 12.0 Å². The SMILES string of the molecule is NCC#Cc1cccc(NS(=O)(=O)c2ccn[nH]2)n1. The fourth-order valence-electron chi connectivity index (χ4n) is 1.29. The van der Waals surface area contributed by atoms with Crippen molar-refractivity contribution in [2.45, 2.75) is 5.03 Å². The van der Waals surface area contributed by atoms with E-state index in [1.165, 1.54) is 18.3 Å². The summed E-state index contributed by atoms with van der Waals surface area (Å²) in [6.07, 6.45) is 1.35. The van der Waals surface area contributed by atoms with Gasteiger partial charge in [0.15, 0.2) is 5.03 Å². The van der Waals surface area contributed by atoms with Gasteiger partial charge in [0.1, 0.15) is 11.5 Å². The molecule has 4 N–H and O–H groups in total. The van der Waals surface area contributed by atoms with Gasteiger partial charge < -0.3 is 5.73 Å². The zero-order chi connectivity index (χ0) is 13.7. The predicted molar refractivity (Wildman–Crippen MR) is 69.6 cm³/mol. The Bertz CT molecular complexity index is 713. The number of H-pyrrole nitrogens is 1. The molecule has 2 rings (SSSR count). The maximum absolute atomic E-state index is 11.9. The minimum Gasteiger partial charge on any atom is -0.320 e. The van der Waals surface area contributed by atoms with Crippen molar-refractivity contribution in [3.63, 3.8) is 0 Å². The van der Waals surface area contributed by atoms with Gasteiger partial charge in [0.2, 0.25) is 0 Å². The molecule has 0 spiro atoms. The Morgan fingerprint density at radius 3 is 2.89 bits per heavy atom. The van der Waals surface area contributed by atoms with Crippen molar-refractivity contribution in [1.29, 1.82) is 0 Å². The monoisotopic (exact) mass is 277 g/mol. The average molecular weight is 277 g/mol. The fraction of sp³-hybridized carbons (Fsp3) is 0.0909. The molecule has 8 heteroatoms. The van der Waals surface area contributed by atoms with Crippen molar-refractivity contribution in [3.8, 4) is 11.8 Å². The summed E-state index contributed by atoms with van der Waals surface area (Å²) in [7, 11) is -3.71. The maximum Gasteiger partial charge on any atom is 0.279 e. The first-order valence-electron chi connectivity index (χ1n) is 5.30. The molecule has 0 amide bonds. The minimum absolute atomic E-state index is 0.0345. The molecule has 98 valence electrons. The third-order valence-corrected chi connectivity index (χ3v) is 3.36. The summed E-state index contributed by atoms with van der Waals surface area (Å²) in [6.45, 7) is 0.214. The number of aromatic nitrogens is 3. The molecule has 0 bridgehead atoms. The number of nitrogens with zero attached hydrogens (tertiary/aromatic N) is 2. The molecular formula is C11H11N5O2S. The second kappa shape index (κ2) is 5.51. The maximum atomic E-state index is 11.9. The summed E-state index contributed by atoms with van der Waals surface area (Å²) >= 11 is 0. The van der Waals surface area contributed by atoms with Gasteiger partial charge in [0.25, 0.3) is 10.0 Å². The number of hydrogen-bond acceptors (Lipinski definition) is 5. The van der Waals surface area contributed by atoms with Gasteiger partial charge in [-0.25, -0.2) is 4.98 Å². The van der Waals surface area contributed by atoms with Crippen LogP contribution in [0.25, 0.3) is 0 Å². The number of anilines is 1. The highest BCUT2D eigenvalue weighted by molar-refractivity contribution is 7.92. The lowest BCUT2D eigenvalue weighted by Crippen LogP contribution is -2.14. The molecule has 0 saturated heterocycles. The van der Waals surface area contributed by atoms with Crippen molar-refractivity contribution < 1.29 is 8.42 Å². The van der Waals surface area contributed by atoms with Gasteiger partial charge in [-0.3, -0.25) is 9.82 Å². The topological polar surface area (TPSA) is 114 Å². The Morgan fingerprint density at radius 2 is 2.21 bits per heavy atom. The smallest absolute Gasteiger partial charge is 0.279 e.